The first-order chi connectivity index (χ1) is 9.70. The highest BCUT2D eigenvalue weighted by Crippen LogP contribution is 2.08. The van der Waals surface area contributed by atoms with Gasteiger partial charge in [0.25, 0.3) is 5.91 Å². The average molecular weight is 271 g/mol. The Morgan fingerprint density at radius 1 is 1.15 bits per heavy atom. The molecule has 0 fully saturated rings. The van der Waals surface area contributed by atoms with Crippen molar-refractivity contribution in [3.63, 3.8) is 0 Å². The predicted molar refractivity (Wildman–Crippen MR) is 72.6 cm³/mol. The number of ether oxygens (including phenoxy) is 1. The van der Waals surface area contributed by atoms with Gasteiger partial charge in [-0.3, -0.25) is 4.79 Å². The topological polar surface area (TPSA) is 68.5 Å². The molecule has 0 unspecified atom stereocenters. The van der Waals surface area contributed by atoms with Gasteiger partial charge in [-0.25, -0.2) is 4.79 Å². The third-order valence-corrected chi connectivity index (χ3v) is 2.51. The zero-order valence-corrected chi connectivity index (χ0v) is 10.8. The third kappa shape index (κ3) is 3.35. The number of furan rings is 1. The number of carbonyl (C=O) groups excluding carboxylic acids is 2. The lowest BCUT2D eigenvalue weighted by atomic mass is 10.2. The minimum Gasteiger partial charge on any atom is -0.464 e. The summed E-state index contributed by atoms with van der Waals surface area (Å²) < 4.78 is 9.62. The van der Waals surface area contributed by atoms with E-state index in [1.807, 2.05) is 30.3 Å². The van der Waals surface area contributed by atoms with Crippen LogP contribution in [0.4, 0.5) is 0 Å². The Morgan fingerprint density at radius 2 is 1.90 bits per heavy atom. The number of amides is 1. The van der Waals surface area contributed by atoms with Crippen LogP contribution in [0.5, 0.6) is 0 Å². The van der Waals surface area contributed by atoms with E-state index in [4.69, 9.17) is 4.42 Å². The monoisotopic (exact) mass is 271 g/mol. The van der Waals surface area contributed by atoms with E-state index in [0.29, 0.717) is 0 Å². The average Bonchev–Trinajstić information content (AvgIpc) is 3.01. The molecule has 102 valence electrons. The minimum absolute atomic E-state index is 0.0418. The van der Waals surface area contributed by atoms with Crippen molar-refractivity contribution in [3.05, 3.63) is 65.7 Å². The predicted octanol–water partition coefficient (Wildman–Crippen LogP) is 2.22. The third-order valence-electron chi connectivity index (χ3n) is 2.51. The first-order valence-corrected chi connectivity index (χ1v) is 5.90. The summed E-state index contributed by atoms with van der Waals surface area (Å²) in [6.45, 7) is 0. The smallest absolute Gasteiger partial charge is 0.354 e. The van der Waals surface area contributed by atoms with E-state index in [2.05, 4.69) is 10.1 Å². The van der Waals surface area contributed by atoms with E-state index >= 15 is 0 Å². The normalized spacial score (nSPS) is 10.9. The molecule has 0 bridgehead atoms. The molecule has 1 aromatic carbocycles. The second-order valence-corrected chi connectivity index (χ2v) is 3.89. The van der Waals surface area contributed by atoms with E-state index in [9.17, 15) is 9.59 Å². The number of hydrogen-bond donors (Lipinski definition) is 1. The zero-order valence-electron chi connectivity index (χ0n) is 10.8. The van der Waals surface area contributed by atoms with Crippen LogP contribution in [0.25, 0.3) is 6.08 Å². The van der Waals surface area contributed by atoms with Crippen molar-refractivity contribution < 1.29 is 18.7 Å². The van der Waals surface area contributed by atoms with Crippen molar-refractivity contribution in [1.29, 1.82) is 0 Å². The van der Waals surface area contributed by atoms with Gasteiger partial charge in [0.2, 0.25) is 0 Å². The second-order valence-electron chi connectivity index (χ2n) is 3.89. The minimum atomic E-state index is -0.631. The van der Waals surface area contributed by atoms with Crippen molar-refractivity contribution in [3.8, 4) is 0 Å². The molecule has 1 heterocycles. The number of hydrogen-bond acceptors (Lipinski definition) is 4. The SMILES string of the molecule is COC(=O)/C(=C\c1ccccc1)NC(=O)c1ccco1. The number of nitrogens with one attached hydrogen (secondary N) is 1. The largest absolute Gasteiger partial charge is 0.464 e. The van der Waals surface area contributed by atoms with Crippen molar-refractivity contribution in [2.75, 3.05) is 7.11 Å². The van der Waals surface area contributed by atoms with E-state index in [0.717, 1.165) is 5.56 Å². The van der Waals surface area contributed by atoms with E-state index in [-0.39, 0.29) is 11.5 Å². The summed E-state index contributed by atoms with van der Waals surface area (Å²) >= 11 is 0. The molecule has 0 saturated carbocycles. The van der Waals surface area contributed by atoms with Crippen LogP contribution in [0.2, 0.25) is 0 Å². The number of methoxy groups -OCH3 is 1. The fourth-order valence-corrected chi connectivity index (χ4v) is 1.56. The number of rotatable bonds is 4. The van der Waals surface area contributed by atoms with Gasteiger partial charge in [0.1, 0.15) is 5.70 Å². The van der Waals surface area contributed by atoms with Gasteiger partial charge in [-0.05, 0) is 23.8 Å². The molecule has 2 aromatic rings. The van der Waals surface area contributed by atoms with E-state index in [1.54, 1.807) is 6.07 Å². The van der Waals surface area contributed by atoms with Crippen LogP contribution in [0.15, 0.2) is 58.8 Å². The Labute approximate surface area is 115 Å². The highest BCUT2D eigenvalue weighted by Gasteiger charge is 2.16. The standard InChI is InChI=1S/C15H13NO4/c1-19-15(18)12(10-11-6-3-2-4-7-11)16-14(17)13-8-5-9-20-13/h2-10H,1H3,(H,16,17)/b12-10+. The summed E-state index contributed by atoms with van der Waals surface area (Å²) in [5, 5.41) is 2.47. The molecular weight excluding hydrogens is 258 g/mol. The number of esters is 1. The highest BCUT2D eigenvalue weighted by molar-refractivity contribution is 6.02. The van der Waals surface area contributed by atoms with Gasteiger partial charge in [-0.15, -0.1) is 0 Å². The van der Waals surface area contributed by atoms with E-state index in [1.165, 1.54) is 25.5 Å². The lowest BCUT2D eigenvalue weighted by Gasteiger charge is -2.06. The van der Waals surface area contributed by atoms with Crippen LogP contribution in [-0.4, -0.2) is 19.0 Å². The maximum atomic E-state index is 11.9. The molecule has 0 radical (unpaired) electrons. The maximum absolute atomic E-state index is 11.9. The summed E-state index contributed by atoms with van der Waals surface area (Å²) in [7, 11) is 1.25. The van der Waals surface area contributed by atoms with Gasteiger partial charge in [0.05, 0.1) is 13.4 Å². The summed E-state index contributed by atoms with van der Waals surface area (Å²) in [4.78, 5) is 23.6. The van der Waals surface area contributed by atoms with Crippen LogP contribution >= 0.6 is 0 Å². The highest BCUT2D eigenvalue weighted by atomic mass is 16.5. The molecule has 20 heavy (non-hydrogen) atoms. The lowest BCUT2D eigenvalue weighted by Crippen LogP contribution is -2.27. The molecule has 5 nitrogen and oxygen atoms in total. The van der Waals surface area contributed by atoms with Gasteiger partial charge in [-0.1, -0.05) is 30.3 Å². The molecule has 0 spiro atoms. The quantitative estimate of drug-likeness (QED) is 0.684. The van der Waals surface area contributed by atoms with Crippen molar-refractivity contribution in [2.45, 2.75) is 0 Å². The van der Waals surface area contributed by atoms with E-state index < -0.39 is 11.9 Å². The van der Waals surface area contributed by atoms with Gasteiger partial charge < -0.3 is 14.5 Å². The molecule has 0 atom stereocenters. The maximum Gasteiger partial charge on any atom is 0.354 e. The van der Waals surface area contributed by atoms with Gasteiger partial charge in [-0.2, -0.15) is 0 Å². The lowest BCUT2D eigenvalue weighted by molar-refractivity contribution is -0.136. The molecule has 5 heteroatoms. The Balaban J connectivity index is 2.23. The molecule has 0 aliphatic rings. The fourth-order valence-electron chi connectivity index (χ4n) is 1.56. The second kappa shape index (κ2) is 6.38. The Morgan fingerprint density at radius 3 is 2.50 bits per heavy atom. The summed E-state index contributed by atoms with van der Waals surface area (Å²) in [5.74, 6) is -1.02. The molecule has 0 saturated heterocycles. The summed E-state index contributed by atoms with van der Waals surface area (Å²) in [6, 6.07) is 12.2. The molecule has 2 rings (SSSR count). The first-order valence-electron chi connectivity index (χ1n) is 5.90. The molecule has 0 aliphatic carbocycles. The molecule has 0 aliphatic heterocycles. The van der Waals surface area contributed by atoms with Crippen molar-refractivity contribution in [2.24, 2.45) is 0 Å². The summed E-state index contributed by atoms with van der Waals surface area (Å²) in [6.07, 6.45) is 2.92. The molecular formula is C15H13NO4. The Bertz CT molecular complexity index is 615. The number of benzene rings is 1. The van der Waals surface area contributed by atoms with Gasteiger partial charge in [0.15, 0.2) is 5.76 Å². The van der Waals surface area contributed by atoms with Crippen LogP contribution in [0.3, 0.4) is 0 Å². The summed E-state index contributed by atoms with van der Waals surface area (Å²) in [5.41, 5.74) is 0.813. The molecule has 1 amide bonds. The Kier molecular flexibility index (Phi) is 4.34. The van der Waals surface area contributed by atoms with Crippen molar-refractivity contribution in [1.82, 2.24) is 5.32 Å². The van der Waals surface area contributed by atoms with Crippen LogP contribution < -0.4 is 5.32 Å². The fraction of sp³-hybridized carbons (Fsp3) is 0.0667. The van der Waals surface area contributed by atoms with Crippen LogP contribution in [-0.2, 0) is 9.53 Å². The van der Waals surface area contributed by atoms with Gasteiger partial charge >= 0.3 is 5.97 Å². The Hall–Kier alpha value is -2.82. The van der Waals surface area contributed by atoms with Crippen LogP contribution in [0, 0.1) is 0 Å². The zero-order chi connectivity index (χ0) is 14.4. The molecule has 1 aromatic heterocycles. The molecule has 1 N–H and O–H groups in total. The van der Waals surface area contributed by atoms with Crippen molar-refractivity contribution >= 4 is 18.0 Å². The number of carbonyl (C=O) groups is 2. The van der Waals surface area contributed by atoms with Crippen LogP contribution in [0.1, 0.15) is 16.1 Å². The van der Waals surface area contributed by atoms with Gasteiger partial charge in [0, 0.05) is 0 Å². The first kappa shape index (κ1) is 13.6.